The lowest BCUT2D eigenvalue weighted by Crippen LogP contribution is -1.95. The quantitative estimate of drug-likeness (QED) is 0.842. The van der Waals surface area contributed by atoms with Gasteiger partial charge in [0.25, 0.3) is 0 Å². The number of aryl methyl sites for hydroxylation is 1. The van der Waals surface area contributed by atoms with Crippen LogP contribution in [-0.2, 0) is 0 Å². The summed E-state index contributed by atoms with van der Waals surface area (Å²) < 4.78 is 0. The average Bonchev–Trinajstić information content (AvgIpc) is 2.65. The second kappa shape index (κ2) is 3.78. The highest BCUT2D eigenvalue weighted by molar-refractivity contribution is 7.14. The van der Waals surface area contributed by atoms with E-state index in [0.29, 0.717) is 0 Å². The molecule has 0 amide bonds. The van der Waals surface area contributed by atoms with Gasteiger partial charge in [-0.05, 0) is 19.1 Å². The molecule has 15 heavy (non-hydrogen) atoms. The van der Waals surface area contributed by atoms with Crippen LogP contribution in [0.25, 0.3) is 10.6 Å². The maximum atomic E-state index is 10.8. The lowest BCUT2D eigenvalue weighted by molar-refractivity contribution is 0.0697. The summed E-state index contributed by atoms with van der Waals surface area (Å²) in [5, 5.41) is 18.3. The second-order valence-corrected chi connectivity index (χ2v) is 4.19. The van der Waals surface area contributed by atoms with Crippen molar-refractivity contribution in [3.8, 4) is 10.6 Å². The van der Waals surface area contributed by atoms with Crippen LogP contribution in [0.3, 0.4) is 0 Å². The number of rotatable bonds is 2. The Hall–Kier alpha value is -1.75. The van der Waals surface area contributed by atoms with E-state index in [1.54, 1.807) is 18.2 Å². The van der Waals surface area contributed by atoms with E-state index >= 15 is 0 Å². The Bertz CT molecular complexity index is 508. The van der Waals surface area contributed by atoms with E-state index in [1.807, 2.05) is 13.0 Å². The molecule has 1 N–H and O–H groups in total. The molecular formula is C10H8N2O2S. The summed E-state index contributed by atoms with van der Waals surface area (Å²) >= 11 is 1.45. The summed E-state index contributed by atoms with van der Waals surface area (Å²) in [5.74, 6) is -0.932. The predicted octanol–water partition coefficient (Wildman–Crippen LogP) is 2.21. The van der Waals surface area contributed by atoms with Gasteiger partial charge in [0.15, 0.2) is 0 Å². The number of aromatic carboxylic acids is 1. The second-order valence-electron chi connectivity index (χ2n) is 3.01. The smallest absolute Gasteiger partial charge is 0.335 e. The highest BCUT2D eigenvalue weighted by Gasteiger charge is 2.07. The van der Waals surface area contributed by atoms with Gasteiger partial charge in [-0.3, -0.25) is 0 Å². The fraction of sp³-hybridized carbons (Fsp3) is 0.100. The summed E-state index contributed by atoms with van der Waals surface area (Å²) in [6.07, 6.45) is 0. The van der Waals surface area contributed by atoms with Gasteiger partial charge < -0.3 is 5.11 Å². The fourth-order valence-electron chi connectivity index (χ4n) is 1.20. The molecule has 0 atom stereocenters. The van der Waals surface area contributed by atoms with Gasteiger partial charge >= 0.3 is 5.97 Å². The Morgan fingerprint density at radius 3 is 2.80 bits per heavy atom. The van der Waals surface area contributed by atoms with Gasteiger partial charge in [0.2, 0.25) is 0 Å². The van der Waals surface area contributed by atoms with E-state index in [9.17, 15) is 4.79 Å². The van der Waals surface area contributed by atoms with E-state index in [4.69, 9.17) is 5.11 Å². The molecule has 1 aromatic carbocycles. The first kappa shape index (κ1) is 9.79. The normalized spacial score (nSPS) is 10.2. The standard InChI is InChI=1S/C10H8N2O2S/c1-6-11-12-9(15-6)7-3-2-4-8(5-7)10(13)14/h2-5H,1H3,(H,13,14). The molecule has 5 heteroatoms. The predicted molar refractivity (Wildman–Crippen MR) is 57.0 cm³/mol. The van der Waals surface area contributed by atoms with Crippen LogP contribution in [0.15, 0.2) is 24.3 Å². The summed E-state index contributed by atoms with van der Waals surface area (Å²) in [4.78, 5) is 10.8. The topological polar surface area (TPSA) is 63.1 Å². The zero-order chi connectivity index (χ0) is 10.8. The van der Waals surface area contributed by atoms with Crippen molar-refractivity contribution in [2.75, 3.05) is 0 Å². The molecule has 0 aliphatic carbocycles. The Labute approximate surface area is 90.2 Å². The number of hydrogen-bond donors (Lipinski definition) is 1. The molecule has 1 heterocycles. The first-order chi connectivity index (χ1) is 7.16. The monoisotopic (exact) mass is 220 g/mol. The number of hydrogen-bond acceptors (Lipinski definition) is 4. The van der Waals surface area contributed by atoms with Gasteiger partial charge in [-0.15, -0.1) is 10.2 Å². The first-order valence-electron chi connectivity index (χ1n) is 4.30. The number of carbonyl (C=O) groups is 1. The Morgan fingerprint density at radius 1 is 1.40 bits per heavy atom. The van der Waals surface area contributed by atoms with E-state index in [-0.39, 0.29) is 5.56 Å². The highest BCUT2D eigenvalue weighted by atomic mass is 32.1. The molecule has 1 aromatic heterocycles. The van der Waals surface area contributed by atoms with E-state index in [2.05, 4.69) is 10.2 Å². The minimum Gasteiger partial charge on any atom is -0.478 e. The number of carboxylic acid groups (broad SMARTS) is 1. The Morgan fingerprint density at radius 2 is 2.20 bits per heavy atom. The van der Waals surface area contributed by atoms with Gasteiger partial charge in [0, 0.05) is 5.56 Å². The molecule has 0 spiro atoms. The summed E-state index contributed by atoms with van der Waals surface area (Å²) in [6, 6.07) is 6.68. The molecule has 0 bridgehead atoms. The van der Waals surface area contributed by atoms with E-state index < -0.39 is 5.97 Å². The minimum absolute atomic E-state index is 0.264. The summed E-state index contributed by atoms with van der Waals surface area (Å²) in [7, 11) is 0. The summed E-state index contributed by atoms with van der Waals surface area (Å²) in [5.41, 5.74) is 1.06. The third kappa shape index (κ3) is 2.02. The largest absolute Gasteiger partial charge is 0.478 e. The molecule has 0 unspecified atom stereocenters. The molecule has 0 aliphatic rings. The van der Waals surface area contributed by atoms with E-state index in [0.717, 1.165) is 15.6 Å². The first-order valence-corrected chi connectivity index (χ1v) is 5.12. The van der Waals surface area contributed by atoms with E-state index in [1.165, 1.54) is 11.3 Å². The molecule has 0 aliphatic heterocycles. The average molecular weight is 220 g/mol. The van der Waals surface area contributed by atoms with Crippen molar-refractivity contribution in [1.29, 1.82) is 0 Å². The van der Waals surface area contributed by atoms with Crippen LogP contribution in [0.4, 0.5) is 0 Å². The Balaban J connectivity index is 2.45. The van der Waals surface area contributed by atoms with Crippen LogP contribution in [0.1, 0.15) is 15.4 Å². The van der Waals surface area contributed by atoms with Crippen LogP contribution in [-0.4, -0.2) is 21.3 Å². The van der Waals surface area contributed by atoms with Gasteiger partial charge in [0.1, 0.15) is 10.0 Å². The van der Waals surface area contributed by atoms with Crippen LogP contribution in [0.2, 0.25) is 0 Å². The SMILES string of the molecule is Cc1nnc(-c2cccc(C(=O)O)c2)s1. The highest BCUT2D eigenvalue weighted by Crippen LogP contribution is 2.23. The van der Waals surface area contributed by atoms with Gasteiger partial charge in [-0.2, -0.15) is 0 Å². The third-order valence-electron chi connectivity index (χ3n) is 1.88. The Kier molecular flexibility index (Phi) is 2.47. The fourth-order valence-corrected chi connectivity index (χ4v) is 1.89. The van der Waals surface area contributed by atoms with Gasteiger partial charge in [-0.1, -0.05) is 23.5 Å². The van der Waals surface area contributed by atoms with Crippen LogP contribution in [0, 0.1) is 6.92 Å². The number of carboxylic acids is 1. The molecular weight excluding hydrogens is 212 g/mol. The molecule has 0 radical (unpaired) electrons. The minimum atomic E-state index is -0.932. The van der Waals surface area contributed by atoms with Gasteiger partial charge in [-0.25, -0.2) is 4.79 Å². The van der Waals surface area contributed by atoms with Crippen molar-refractivity contribution < 1.29 is 9.90 Å². The zero-order valence-electron chi connectivity index (χ0n) is 7.97. The van der Waals surface area contributed by atoms with Crippen molar-refractivity contribution in [2.45, 2.75) is 6.92 Å². The number of nitrogens with zero attached hydrogens (tertiary/aromatic N) is 2. The maximum absolute atomic E-state index is 10.8. The van der Waals surface area contributed by atoms with Crippen molar-refractivity contribution in [3.63, 3.8) is 0 Å². The molecule has 0 saturated heterocycles. The number of benzene rings is 1. The van der Waals surface area contributed by atoms with Gasteiger partial charge in [0.05, 0.1) is 5.56 Å². The zero-order valence-corrected chi connectivity index (χ0v) is 8.78. The molecule has 4 nitrogen and oxygen atoms in total. The molecule has 2 rings (SSSR count). The van der Waals surface area contributed by atoms with Crippen molar-refractivity contribution >= 4 is 17.3 Å². The molecule has 0 saturated carbocycles. The molecule has 0 fully saturated rings. The lowest BCUT2D eigenvalue weighted by Gasteiger charge is -1.97. The third-order valence-corrected chi connectivity index (χ3v) is 2.77. The van der Waals surface area contributed by atoms with Crippen molar-refractivity contribution in [1.82, 2.24) is 10.2 Å². The van der Waals surface area contributed by atoms with Crippen molar-refractivity contribution in [2.24, 2.45) is 0 Å². The lowest BCUT2D eigenvalue weighted by atomic mass is 10.1. The van der Waals surface area contributed by atoms with Crippen LogP contribution < -0.4 is 0 Å². The van der Waals surface area contributed by atoms with Crippen LogP contribution in [0.5, 0.6) is 0 Å². The number of aromatic nitrogens is 2. The summed E-state index contributed by atoms with van der Waals surface area (Å²) in [6.45, 7) is 1.86. The maximum Gasteiger partial charge on any atom is 0.335 e. The van der Waals surface area contributed by atoms with Crippen molar-refractivity contribution in [3.05, 3.63) is 34.8 Å². The molecule has 2 aromatic rings. The molecule has 76 valence electrons. The van der Waals surface area contributed by atoms with Crippen LogP contribution >= 0.6 is 11.3 Å².